The average molecular weight is 264 g/mol. The van der Waals surface area contributed by atoms with Crippen molar-refractivity contribution in [3.63, 3.8) is 0 Å². The monoisotopic (exact) mass is 264 g/mol. The fourth-order valence-electron chi connectivity index (χ4n) is 2.42. The van der Waals surface area contributed by atoms with Crippen LogP contribution in [0.3, 0.4) is 0 Å². The maximum atomic E-state index is 14.0. The number of nitrogens with one attached hydrogen (secondary N) is 1. The summed E-state index contributed by atoms with van der Waals surface area (Å²) in [5.41, 5.74) is 0.856. The molecule has 19 heavy (non-hydrogen) atoms. The van der Waals surface area contributed by atoms with Crippen LogP contribution in [-0.4, -0.2) is 24.4 Å². The van der Waals surface area contributed by atoms with Crippen molar-refractivity contribution in [3.05, 3.63) is 29.6 Å². The Morgan fingerprint density at radius 3 is 2.63 bits per heavy atom. The van der Waals surface area contributed by atoms with Gasteiger partial charge in [-0.25, -0.2) is 4.39 Å². The topological polar surface area (TPSA) is 49.4 Å². The van der Waals surface area contributed by atoms with Crippen LogP contribution in [0.1, 0.15) is 19.4 Å². The van der Waals surface area contributed by atoms with Gasteiger partial charge in [0, 0.05) is 0 Å². The summed E-state index contributed by atoms with van der Waals surface area (Å²) in [5, 5.41) is 2.55. The van der Waals surface area contributed by atoms with Crippen molar-refractivity contribution in [3.8, 4) is 0 Å². The Morgan fingerprint density at radius 1 is 1.37 bits per heavy atom. The van der Waals surface area contributed by atoms with Gasteiger partial charge in [-0.3, -0.25) is 14.5 Å². The van der Waals surface area contributed by atoms with Crippen molar-refractivity contribution < 1.29 is 14.0 Å². The van der Waals surface area contributed by atoms with Crippen LogP contribution in [0.2, 0.25) is 0 Å². The van der Waals surface area contributed by atoms with Crippen LogP contribution >= 0.6 is 0 Å². The Kier molecular flexibility index (Phi) is 3.55. The lowest BCUT2D eigenvalue weighted by Gasteiger charge is -2.37. The third kappa shape index (κ3) is 2.32. The minimum atomic E-state index is -0.670. The number of aryl methyl sites for hydroxylation is 1. The third-order valence-electron chi connectivity index (χ3n) is 3.29. The van der Waals surface area contributed by atoms with Gasteiger partial charge in [0.15, 0.2) is 0 Å². The van der Waals surface area contributed by atoms with Gasteiger partial charge < -0.3 is 5.32 Å². The lowest BCUT2D eigenvalue weighted by atomic mass is 9.97. The first-order valence-corrected chi connectivity index (χ1v) is 6.28. The molecule has 1 N–H and O–H groups in total. The van der Waals surface area contributed by atoms with E-state index in [4.69, 9.17) is 0 Å². The van der Waals surface area contributed by atoms with Crippen molar-refractivity contribution in [1.82, 2.24) is 5.32 Å². The second-order valence-electron chi connectivity index (χ2n) is 5.08. The summed E-state index contributed by atoms with van der Waals surface area (Å²) in [6.07, 6.45) is 0. The second kappa shape index (κ2) is 4.99. The molecule has 2 amide bonds. The quantitative estimate of drug-likeness (QED) is 0.882. The zero-order valence-corrected chi connectivity index (χ0v) is 11.2. The molecule has 1 saturated heterocycles. The van der Waals surface area contributed by atoms with E-state index in [-0.39, 0.29) is 30.0 Å². The largest absolute Gasteiger partial charge is 0.345 e. The molecule has 5 heteroatoms. The normalized spacial score (nSPS) is 19.8. The van der Waals surface area contributed by atoms with Gasteiger partial charge in [0.1, 0.15) is 11.9 Å². The van der Waals surface area contributed by atoms with Crippen LogP contribution in [0.15, 0.2) is 18.2 Å². The van der Waals surface area contributed by atoms with Gasteiger partial charge in [-0.15, -0.1) is 0 Å². The number of carbonyl (C=O) groups is 2. The molecule has 1 aromatic carbocycles. The molecule has 102 valence electrons. The number of nitrogens with zero attached hydrogens (tertiary/aromatic N) is 1. The Morgan fingerprint density at radius 2 is 2.05 bits per heavy atom. The number of carbonyl (C=O) groups excluding carboxylic acids is 2. The molecule has 0 saturated carbocycles. The van der Waals surface area contributed by atoms with Gasteiger partial charge in [-0.2, -0.15) is 0 Å². The smallest absolute Gasteiger partial charge is 0.247 e. The zero-order valence-electron chi connectivity index (χ0n) is 11.2. The number of amides is 2. The van der Waals surface area contributed by atoms with E-state index in [0.29, 0.717) is 5.56 Å². The molecule has 1 aromatic rings. The van der Waals surface area contributed by atoms with Crippen molar-refractivity contribution in [1.29, 1.82) is 0 Å². The molecule has 1 unspecified atom stereocenters. The number of anilines is 1. The van der Waals surface area contributed by atoms with E-state index in [1.54, 1.807) is 19.1 Å². The molecule has 0 aliphatic carbocycles. The van der Waals surface area contributed by atoms with Crippen LogP contribution < -0.4 is 10.2 Å². The van der Waals surface area contributed by atoms with Gasteiger partial charge in [0.2, 0.25) is 11.8 Å². The van der Waals surface area contributed by atoms with E-state index in [0.717, 1.165) is 0 Å². The van der Waals surface area contributed by atoms with E-state index >= 15 is 0 Å². The Hall–Kier alpha value is -1.91. The van der Waals surface area contributed by atoms with Crippen LogP contribution in [0.5, 0.6) is 0 Å². The number of hydrogen-bond donors (Lipinski definition) is 1. The number of halogens is 1. The number of piperazine rings is 1. The molecule has 0 aromatic heterocycles. The summed E-state index contributed by atoms with van der Waals surface area (Å²) in [6, 6.07) is 3.96. The molecule has 1 fully saturated rings. The van der Waals surface area contributed by atoms with Crippen LogP contribution in [-0.2, 0) is 9.59 Å². The van der Waals surface area contributed by atoms with Crippen molar-refractivity contribution in [2.75, 3.05) is 11.4 Å². The Balaban J connectivity index is 2.55. The van der Waals surface area contributed by atoms with Crippen LogP contribution in [0.4, 0.5) is 10.1 Å². The van der Waals surface area contributed by atoms with Crippen molar-refractivity contribution in [2.24, 2.45) is 5.92 Å². The standard InChI is InChI=1S/C14H17FN2O2/c1-8(2)12-14(19)16-7-11(18)17(12)13-9(3)5-4-6-10(13)15/h4-6,8,12H,7H2,1-3H3,(H,16,19). The van der Waals surface area contributed by atoms with E-state index in [1.807, 2.05) is 13.8 Å². The first-order chi connectivity index (χ1) is 8.93. The van der Waals surface area contributed by atoms with E-state index in [1.165, 1.54) is 11.0 Å². The van der Waals surface area contributed by atoms with Gasteiger partial charge in [0.25, 0.3) is 0 Å². The Labute approximate surface area is 111 Å². The number of rotatable bonds is 2. The molecule has 1 aliphatic heterocycles. The van der Waals surface area contributed by atoms with Crippen molar-refractivity contribution in [2.45, 2.75) is 26.8 Å². The summed E-state index contributed by atoms with van der Waals surface area (Å²) in [4.78, 5) is 25.4. The molecule has 0 bridgehead atoms. The third-order valence-corrected chi connectivity index (χ3v) is 3.29. The molecule has 1 heterocycles. The van der Waals surface area contributed by atoms with Crippen molar-refractivity contribution >= 4 is 17.5 Å². The molecule has 1 aliphatic rings. The number of benzene rings is 1. The van der Waals surface area contributed by atoms with Gasteiger partial charge in [-0.1, -0.05) is 26.0 Å². The van der Waals surface area contributed by atoms with E-state index in [2.05, 4.69) is 5.32 Å². The van der Waals surface area contributed by atoms with Gasteiger partial charge in [-0.05, 0) is 24.5 Å². The van der Waals surface area contributed by atoms with Crippen LogP contribution in [0.25, 0.3) is 0 Å². The molecule has 0 radical (unpaired) electrons. The summed E-state index contributed by atoms with van der Waals surface area (Å²) in [7, 11) is 0. The summed E-state index contributed by atoms with van der Waals surface area (Å²) in [5.74, 6) is -1.10. The lowest BCUT2D eigenvalue weighted by molar-refractivity contribution is -0.131. The minimum Gasteiger partial charge on any atom is -0.345 e. The first kappa shape index (κ1) is 13.5. The summed E-state index contributed by atoms with van der Waals surface area (Å²) < 4.78 is 14.0. The highest BCUT2D eigenvalue weighted by atomic mass is 19.1. The molecular weight excluding hydrogens is 247 g/mol. The molecular formula is C14H17FN2O2. The highest BCUT2D eigenvalue weighted by molar-refractivity contribution is 6.07. The minimum absolute atomic E-state index is 0.0875. The lowest BCUT2D eigenvalue weighted by Crippen LogP contribution is -2.61. The maximum Gasteiger partial charge on any atom is 0.247 e. The highest BCUT2D eigenvalue weighted by Gasteiger charge is 2.39. The summed E-state index contributed by atoms with van der Waals surface area (Å²) >= 11 is 0. The second-order valence-corrected chi connectivity index (χ2v) is 5.08. The zero-order chi connectivity index (χ0) is 14.2. The molecule has 2 rings (SSSR count). The maximum absolute atomic E-state index is 14.0. The fraction of sp³-hybridized carbons (Fsp3) is 0.429. The molecule has 1 atom stereocenters. The summed E-state index contributed by atoms with van der Waals surface area (Å²) in [6.45, 7) is 5.32. The van der Waals surface area contributed by atoms with E-state index < -0.39 is 11.9 Å². The number of hydrogen-bond acceptors (Lipinski definition) is 2. The van der Waals surface area contributed by atoms with E-state index in [9.17, 15) is 14.0 Å². The van der Waals surface area contributed by atoms with Gasteiger partial charge >= 0.3 is 0 Å². The molecule has 0 spiro atoms. The Bertz CT molecular complexity index is 508. The first-order valence-electron chi connectivity index (χ1n) is 6.28. The average Bonchev–Trinajstić information content (AvgIpc) is 2.32. The number of para-hydroxylation sites is 1. The fourth-order valence-corrected chi connectivity index (χ4v) is 2.42. The predicted molar refractivity (Wildman–Crippen MR) is 70.3 cm³/mol. The highest BCUT2D eigenvalue weighted by Crippen LogP contribution is 2.29. The van der Waals surface area contributed by atoms with Crippen LogP contribution in [0, 0.1) is 18.7 Å². The predicted octanol–water partition coefficient (Wildman–Crippen LogP) is 1.62. The SMILES string of the molecule is Cc1cccc(F)c1N1C(=O)CNC(=O)C1C(C)C. The van der Waals surface area contributed by atoms with Gasteiger partial charge in [0.05, 0.1) is 12.2 Å². The molecule has 4 nitrogen and oxygen atoms in total.